The zero-order chi connectivity index (χ0) is 14.3. The number of aromatic nitrogens is 4. The quantitative estimate of drug-likeness (QED) is 0.774. The number of hydrogen-bond donors (Lipinski definition) is 2. The molecule has 0 unspecified atom stereocenters. The molecule has 8 heteroatoms. The van der Waals surface area contributed by atoms with Crippen molar-refractivity contribution < 1.29 is 13.2 Å². The third kappa shape index (κ3) is 1.98. The van der Waals surface area contributed by atoms with E-state index in [4.69, 9.17) is 5.73 Å². The molecule has 5 nitrogen and oxygen atoms in total. The van der Waals surface area contributed by atoms with Crippen LogP contribution in [0, 0.1) is 5.82 Å². The first-order valence-corrected chi connectivity index (χ1v) is 5.79. The van der Waals surface area contributed by atoms with Gasteiger partial charge in [0.2, 0.25) is 0 Å². The molecule has 3 rings (SSSR count). The molecule has 0 spiro atoms. The average Bonchev–Trinajstić information content (AvgIpc) is 2.92. The van der Waals surface area contributed by atoms with Crippen LogP contribution in [-0.2, 0) is 6.54 Å². The fourth-order valence-corrected chi connectivity index (χ4v) is 2.08. The van der Waals surface area contributed by atoms with Crippen molar-refractivity contribution in [2.24, 2.45) is 0 Å². The van der Waals surface area contributed by atoms with E-state index < -0.39 is 17.9 Å². The monoisotopic (exact) mass is 281 g/mol. The molecule has 0 bridgehead atoms. The number of aromatic amines is 1. The minimum Gasteiger partial charge on any atom is -0.383 e. The minimum atomic E-state index is -2.76. The first kappa shape index (κ1) is 12.5. The number of nitrogens with zero attached hydrogens (tertiary/aromatic N) is 3. The predicted octanol–water partition coefficient (Wildman–Crippen LogP) is 2.47. The van der Waals surface area contributed by atoms with E-state index in [2.05, 4.69) is 15.3 Å². The molecule has 0 saturated heterocycles. The third-order valence-electron chi connectivity index (χ3n) is 2.93. The van der Waals surface area contributed by atoms with Gasteiger partial charge in [0.1, 0.15) is 17.3 Å². The van der Waals surface area contributed by atoms with E-state index in [1.54, 1.807) is 6.07 Å². The lowest BCUT2D eigenvalue weighted by Crippen LogP contribution is -2.03. The Labute approximate surface area is 111 Å². The highest BCUT2D eigenvalue weighted by molar-refractivity contribution is 5.89. The lowest BCUT2D eigenvalue weighted by molar-refractivity contribution is 0.146. The molecule has 3 aromatic rings. The van der Waals surface area contributed by atoms with Gasteiger partial charge in [-0.15, -0.1) is 0 Å². The lowest BCUT2D eigenvalue weighted by atomic mass is 10.2. The maximum atomic E-state index is 13.1. The first-order chi connectivity index (χ1) is 9.56. The number of nitrogens with one attached hydrogen (secondary N) is 1. The Balaban J connectivity index is 2.08. The van der Waals surface area contributed by atoms with Crippen molar-refractivity contribution in [2.45, 2.75) is 13.0 Å². The Morgan fingerprint density at radius 3 is 2.85 bits per heavy atom. The zero-order valence-corrected chi connectivity index (χ0v) is 10.1. The summed E-state index contributed by atoms with van der Waals surface area (Å²) in [5.74, 6) is -0.359. The normalized spacial score (nSPS) is 11.6. The van der Waals surface area contributed by atoms with Crippen LogP contribution in [0.15, 0.2) is 24.3 Å². The van der Waals surface area contributed by atoms with Crippen LogP contribution in [0.4, 0.5) is 19.0 Å². The van der Waals surface area contributed by atoms with Crippen molar-refractivity contribution >= 4 is 16.9 Å². The van der Waals surface area contributed by atoms with Gasteiger partial charge in [-0.2, -0.15) is 10.2 Å². The SMILES string of the molecule is Nc1[nH]nc2c1c(C(F)F)nn2Cc1cccc(F)c1. The summed E-state index contributed by atoms with van der Waals surface area (Å²) in [6, 6.07) is 5.83. The molecule has 0 aliphatic carbocycles. The summed E-state index contributed by atoms with van der Waals surface area (Å²) in [6.45, 7) is 0.130. The van der Waals surface area contributed by atoms with E-state index >= 15 is 0 Å². The number of benzene rings is 1. The van der Waals surface area contributed by atoms with Crippen LogP contribution < -0.4 is 5.73 Å². The predicted molar refractivity (Wildman–Crippen MR) is 66.8 cm³/mol. The van der Waals surface area contributed by atoms with Gasteiger partial charge in [0.15, 0.2) is 5.65 Å². The molecule has 0 radical (unpaired) electrons. The Bertz CT molecular complexity index is 762. The summed E-state index contributed by atoms with van der Waals surface area (Å²) in [5.41, 5.74) is 5.97. The molecule has 0 aliphatic heterocycles. The van der Waals surface area contributed by atoms with Crippen molar-refractivity contribution in [3.8, 4) is 0 Å². The van der Waals surface area contributed by atoms with E-state index in [9.17, 15) is 13.2 Å². The highest BCUT2D eigenvalue weighted by atomic mass is 19.3. The highest BCUT2D eigenvalue weighted by Gasteiger charge is 2.23. The number of anilines is 1. The molecule has 0 fully saturated rings. The Kier molecular flexibility index (Phi) is 2.85. The molecule has 2 heterocycles. The first-order valence-electron chi connectivity index (χ1n) is 5.79. The van der Waals surface area contributed by atoms with Gasteiger partial charge < -0.3 is 5.73 Å². The fourth-order valence-electron chi connectivity index (χ4n) is 2.08. The number of rotatable bonds is 3. The lowest BCUT2D eigenvalue weighted by Gasteiger charge is -2.02. The van der Waals surface area contributed by atoms with Gasteiger partial charge in [-0.1, -0.05) is 12.1 Å². The second-order valence-corrected chi connectivity index (χ2v) is 4.31. The van der Waals surface area contributed by atoms with E-state index in [0.717, 1.165) is 0 Å². The van der Waals surface area contributed by atoms with Crippen LogP contribution in [-0.4, -0.2) is 20.0 Å². The number of fused-ring (bicyclic) bond motifs is 1. The van der Waals surface area contributed by atoms with Gasteiger partial charge in [-0.3, -0.25) is 5.10 Å². The van der Waals surface area contributed by atoms with Crippen LogP contribution in [0.5, 0.6) is 0 Å². The molecule has 104 valence electrons. The number of nitrogen functional groups attached to an aromatic ring is 1. The molecule has 20 heavy (non-hydrogen) atoms. The molecule has 3 N–H and O–H groups in total. The van der Waals surface area contributed by atoms with Crippen LogP contribution in [0.2, 0.25) is 0 Å². The Hall–Kier alpha value is -2.51. The van der Waals surface area contributed by atoms with Crippen LogP contribution in [0.3, 0.4) is 0 Å². The molecule has 0 amide bonds. The van der Waals surface area contributed by atoms with Gasteiger partial charge in [0, 0.05) is 0 Å². The van der Waals surface area contributed by atoms with Crippen molar-refractivity contribution in [3.05, 3.63) is 41.3 Å². The van der Waals surface area contributed by atoms with Crippen LogP contribution >= 0.6 is 0 Å². The summed E-state index contributed by atoms with van der Waals surface area (Å²) in [4.78, 5) is 0. The number of hydrogen-bond acceptors (Lipinski definition) is 3. The summed E-state index contributed by atoms with van der Waals surface area (Å²) >= 11 is 0. The van der Waals surface area contributed by atoms with Crippen molar-refractivity contribution in [1.82, 2.24) is 20.0 Å². The van der Waals surface area contributed by atoms with Gasteiger partial charge in [-0.25, -0.2) is 17.9 Å². The molecule has 0 atom stereocenters. The Morgan fingerprint density at radius 2 is 2.15 bits per heavy atom. The van der Waals surface area contributed by atoms with E-state index in [1.807, 2.05) is 0 Å². The molecular weight excluding hydrogens is 271 g/mol. The van der Waals surface area contributed by atoms with Crippen molar-refractivity contribution in [1.29, 1.82) is 0 Å². The van der Waals surface area contributed by atoms with Gasteiger partial charge in [0.25, 0.3) is 6.43 Å². The van der Waals surface area contributed by atoms with Crippen molar-refractivity contribution in [2.75, 3.05) is 5.73 Å². The average molecular weight is 281 g/mol. The van der Waals surface area contributed by atoms with Crippen LogP contribution in [0.1, 0.15) is 17.7 Å². The standard InChI is InChI=1S/C12H10F3N5/c13-7-3-1-2-6(4-7)5-20-12-8(11(16)17-18-12)9(19-20)10(14)15/h1-4,10H,5H2,(H3,16,17,18). The summed E-state index contributed by atoms with van der Waals surface area (Å²) in [6.07, 6.45) is -2.76. The summed E-state index contributed by atoms with van der Waals surface area (Å²) in [5, 5.41) is 10.2. The molecular formula is C12H10F3N5. The summed E-state index contributed by atoms with van der Waals surface area (Å²) < 4.78 is 40.3. The highest BCUT2D eigenvalue weighted by Crippen LogP contribution is 2.29. The van der Waals surface area contributed by atoms with E-state index in [-0.39, 0.29) is 23.4 Å². The number of H-pyrrole nitrogens is 1. The molecule has 0 saturated carbocycles. The van der Waals surface area contributed by atoms with Crippen molar-refractivity contribution in [3.63, 3.8) is 0 Å². The second kappa shape index (κ2) is 4.55. The number of halogens is 3. The second-order valence-electron chi connectivity index (χ2n) is 4.31. The number of nitrogens with two attached hydrogens (primary N) is 1. The molecule has 2 aromatic heterocycles. The fraction of sp³-hybridized carbons (Fsp3) is 0.167. The minimum absolute atomic E-state index is 0.0424. The molecule has 1 aromatic carbocycles. The van der Waals surface area contributed by atoms with E-state index in [1.165, 1.54) is 22.9 Å². The van der Waals surface area contributed by atoms with Gasteiger partial charge in [-0.05, 0) is 17.7 Å². The third-order valence-corrected chi connectivity index (χ3v) is 2.93. The molecule has 0 aliphatic rings. The summed E-state index contributed by atoms with van der Waals surface area (Å²) in [7, 11) is 0. The zero-order valence-electron chi connectivity index (χ0n) is 10.1. The topological polar surface area (TPSA) is 72.5 Å². The van der Waals surface area contributed by atoms with Gasteiger partial charge in [0.05, 0.1) is 11.9 Å². The Morgan fingerprint density at radius 1 is 1.35 bits per heavy atom. The number of alkyl halides is 2. The maximum absolute atomic E-state index is 13.1. The van der Waals surface area contributed by atoms with Crippen LogP contribution in [0.25, 0.3) is 11.0 Å². The maximum Gasteiger partial charge on any atom is 0.282 e. The van der Waals surface area contributed by atoms with Gasteiger partial charge >= 0.3 is 0 Å². The smallest absolute Gasteiger partial charge is 0.282 e. The van der Waals surface area contributed by atoms with E-state index in [0.29, 0.717) is 5.56 Å². The largest absolute Gasteiger partial charge is 0.383 e.